The van der Waals surface area contributed by atoms with Crippen molar-refractivity contribution in [3.05, 3.63) is 85.4 Å². The highest BCUT2D eigenvalue weighted by atomic mass is 32.2. The Bertz CT molecular complexity index is 1640. The third kappa shape index (κ3) is 4.85. The summed E-state index contributed by atoms with van der Waals surface area (Å²) in [6.45, 7) is 11.3. The minimum Gasteiger partial charge on any atom is -0.421 e. The highest BCUT2D eigenvalue weighted by molar-refractivity contribution is 7.99. The van der Waals surface area contributed by atoms with Gasteiger partial charge in [0.05, 0.1) is 16.9 Å². The predicted octanol–water partition coefficient (Wildman–Crippen LogP) is 7.79. The van der Waals surface area contributed by atoms with Gasteiger partial charge in [0.2, 0.25) is 0 Å². The summed E-state index contributed by atoms with van der Waals surface area (Å²) in [4.78, 5) is 27.0. The molecule has 2 aromatic carbocycles. The molecule has 0 spiro atoms. The van der Waals surface area contributed by atoms with Crippen molar-refractivity contribution in [1.82, 2.24) is 4.57 Å². The van der Waals surface area contributed by atoms with Crippen molar-refractivity contribution in [3.8, 4) is 11.1 Å². The Morgan fingerprint density at radius 1 is 1.00 bits per heavy atom. The van der Waals surface area contributed by atoms with Gasteiger partial charge in [0.15, 0.2) is 5.58 Å². The van der Waals surface area contributed by atoms with Crippen molar-refractivity contribution >= 4 is 40.0 Å². The number of fused-ring (bicyclic) bond motifs is 1. The van der Waals surface area contributed by atoms with Crippen molar-refractivity contribution < 1.29 is 8.81 Å². The van der Waals surface area contributed by atoms with Crippen LogP contribution in [-0.4, -0.2) is 10.8 Å². The monoisotopic (exact) mass is 535 g/mol. The summed E-state index contributed by atoms with van der Waals surface area (Å²) in [5.41, 5.74) is 5.09. The number of nitrogens with zero attached hydrogens (tertiary/aromatic N) is 1. The third-order valence-electron chi connectivity index (χ3n) is 6.85. The second-order valence-corrected chi connectivity index (χ2v) is 9.97. The van der Waals surface area contributed by atoms with Crippen molar-refractivity contribution in [2.45, 2.75) is 60.4 Å². The van der Waals surface area contributed by atoms with Crippen molar-refractivity contribution in [1.29, 1.82) is 0 Å². The van der Waals surface area contributed by atoms with Crippen LogP contribution in [0.4, 0.5) is 21.5 Å². The summed E-state index contributed by atoms with van der Waals surface area (Å²) in [5.74, 6) is -0.461. The van der Waals surface area contributed by atoms with E-state index in [4.69, 9.17) is 4.42 Å². The standard InChI is InChI=1S/C28H28FN3O3S.C2H6/c1-14-9-12-22(20(29)13-14)30-25-16(3)28(34)35-26-23(19-7-6-8-21(15(19)2)31-36-5)17(4)32(18-10-11-18)27(33)24(25)26;1-2/h6-9,12-13,18,30-31H,10-11H2,1-5H3;1-2H3. The van der Waals surface area contributed by atoms with Gasteiger partial charge in [-0.2, -0.15) is 0 Å². The molecule has 2 N–H and O–H groups in total. The number of halogens is 1. The molecule has 0 saturated heterocycles. The molecule has 2 aromatic heterocycles. The Morgan fingerprint density at radius 2 is 1.71 bits per heavy atom. The van der Waals surface area contributed by atoms with Crippen LogP contribution in [0.25, 0.3) is 22.1 Å². The summed E-state index contributed by atoms with van der Waals surface area (Å²) < 4.78 is 25.8. The minimum absolute atomic E-state index is 0.0876. The lowest BCUT2D eigenvalue weighted by molar-refractivity contribution is 0.552. The van der Waals surface area contributed by atoms with Crippen LogP contribution in [0.15, 0.2) is 50.4 Å². The lowest BCUT2D eigenvalue weighted by Crippen LogP contribution is -2.25. The fraction of sp³-hybridized carbons (Fsp3) is 0.333. The summed E-state index contributed by atoms with van der Waals surface area (Å²) >= 11 is 1.49. The second kappa shape index (κ2) is 11.1. The lowest BCUT2D eigenvalue weighted by Gasteiger charge is -2.21. The van der Waals surface area contributed by atoms with E-state index in [1.54, 1.807) is 26.0 Å². The molecule has 200 valence electrons. The zero-order valence-corrected chi connectivity index (χ0v) is 23.7. The maximum absolute atomic E-state index is 14.8. The van der Waals surface area contributed by atoms with E-state index >= 15 is 0 Å². The number of rotatable bonds is 6. The van der Waals surface area contributed by atoms with Gasteiger partial charge >= 0.3 is 5.63 Å². The lowest BCUT2D eigenvalue weighted by atomic mass is 9.95. The van der Waals surface area contributed by atoms with Crippen molar-refractivity contribution in [2.24, 2.45) is 0 Å². The first kappa shape index (κ1) is 27.5. The van der Waals surface area contributed by atoms with Gasteiger partial charge < -0.3 is 19.0 Å². The molecular weight excluding hydrogens is 501 g/mol. The molecule has 0 aliphatic heterocycles. The molecule has 38 heavy (non-hydrogen) atoms. The van der Waals surface area contributed by atoms with Crippen LogP contribution in [0, 0.1) is 33.5 Å². The van der Waals surface area contributed by atoms with Crippen LogP contribution < -0.4 is 21.2 Å². The molecule has 2 heterocycles. The van der Waals surface area contributed by atoms with Gasteiger partial charge in [0.1, 0.15) is 11.2 Å². The predicted molar refractivity (Wildman–Crippen MR) is 158 cm³/mol. The van der Waals surface area contributed by atoms with Gasteiger partial charge in [-0.05, 0) is 75.4 Å². The number of aryl methyl sites for hydroxylation is 1. The average molecular weight is 536 g/mol. The second-order valence-electron chi connectivity index (χ2n) is 9.35. The first-order chi connectivity index (χ1) is 18.2. The number of hydrogen-bond acceptors (Lipinski definition) is 6. The highest BCUT2D eigenvalue weighted by Gasteiger charge is 2.31. The number of pyridine rings is 1. The molecule has 6 nitrogen and oxygen atoms in total. The summed E-state index contributed by atoms with van der Waals surface area (Å²) in [6.07, 6.45) is 3.76. The van der Waals surface area contributed by atoms with Crippen molar-refractivity contribution in [2.75, 3.05) is 16.3 Å². The molecule has 0 unspecified atom stereocenters. The van der Waals surface area contributed by atoms with Crippen LogP contribution in [-0.2, 0) is 0 Å². The van der Waals surface area contributed by atoms with Gasteiger partial charge in [0, 0.05) is 29.2 Å². The Kier molecular flexibility index (Phi) is 8.02. The van der Waals surface area contributed by atoms with Crippen LogP contribution in [0.2, 0.25) is 0 Å². The number of nitrogens with one attached hydrogen (secondary N) is 2. The fourth-order valence-corrected chi connectivity index (χ4v) is 5.23. The van der Waals surface area contributed by atoms with E-state index in [2.05, 4.69) is 10.0 Å². The number of hydrogen-bond donors (Lipinski definition) is 2. The van der Waals surface area contributed by atoms with Gasteiger partial charge in [-0.3, -0.25) is 4.79 Å². The SMILES string of the molecule is CC.CSNc1cccc(-c2c(C)n(C3CC3)c(=O)c3c(Nc4ccc(C)cc4F)c(C)c(=O)oc23)c1C. The third-order valence-corrected chi connectivity index (χ3v) is 7.27. The van der Waals surface area contributed by atoms with Crippen LogP contribution in [0.5, 0.6) is 0 Å². The quantitative estimate of drug-likeness (QED) is 0.246. The van der Waals surface area contributed by atoms with Crippen LogP contribution >= 0.6 is 11.9 Å². The first-order valence-electron chi connectivity index (χ1n) is 12.9. The fourth-order valence-electron chi connectivity index (χ4n) is 4.79. The van der Waals surface area contributed by atoms with Gasteiger partial charge in [-0.25, -0.2) is 9.18 Å². The van der Waals surface area contributed by atoms with Gasteiger partial charge in [0.25, 0.3) is 5.56 Å². The number of anilines is 3. The summed E-state index contributed by atoms with van der Waals surface area (Å²) in [6, 6.07) is 10.8. The Balaban J connectivity index is 0.00000164. The Labute approximate surface area is 226 Å². The molecule has 1 saturated carbocycles. The maximum Gasteiger partial charge on any atom is 0.341 e. The molecule has 5 rings (SSSR count). The highest BCUT2D eigenvalue weighted by Crippen LogP contribution is 2.42. The molecule has 0 atom stereocenters. The average Bonchev–Trinajstić information content (AvgIpc) is 3.72. The Hall–Kier alpha value is -3.52. The zero-order chi connectivity index (χ0) is 27.7. The summed E-state index contributed by atoms with van der Waals surface area (Å²) in [7, 11) is 0. The maximum atomic E-state index is 14.8. The molecule has 8 heteroatoms. The molecular formula is C30H34FN3O3S. The van der Waals surface area contributed by atoms with Gasteiger partial charge in [-0.15, -0.1) is 0 Å². The molecule has 1 aliphatic carbocycles. The number of aromatic nitrogens is 1. The smallest absolute Gasteiger partial charge is 0.341 e. The molecule has 4 aromatic rings. The molecule has 1 fully saturated rings. The zero-order valence-electron chi connectivity index (χ0n) is 22.9. The van der Waals surface area contributed by atoms with Crippen LogP contribution in [0.1, 0.15) is 55.1 Å². The van der Waals surface area contributed by atoms with E-state index in [1.807, 2.05) is 56.7 Å². The van der Waals surface area contributed by atoms with E-state index < -0.39 is 11.4 Å². The van der Waals surface area contributed by atoms with Gasteiger partial charge in [-0.1, -0.05) is 44.0 Å². The molecule has 0 amide bonds. The van der Waals surface area contributed by atoms with E-state index in [-0.39, 0.29) is 39.5 Å². The largest absolute Gasteiger partial charge is 0.421 e. The van der Waals surface area contributed by atoms with E-state index in [0.29, 0.717) is 5.56 Å². The summed E-state index contributed by atoms with van der Waals surface area (Å²) in [5, 5.41) is 3.31. The Morgan fingerprint density at radius 3 is 2.34 bits per heavy atom. The molecule has 0 radical (unpaired) electrons. The van der Waals surface area contributed by atoms with E-state index in [1.165, 1.54) is 18.0 Å². The molecule has 1 aliphatic rings. The normalized spacial score (nSPS) is 12.7. The number of benzene rings is 2. The first-order valence-corrected chi connectivity index (χ1v) is 14.1. The van der Waals surface area contributed by atoms with E-state index in [9.17, 15) is 14.0 Å². The molecule has 0 bridgehead atoms. The topological polar surface area (TPSA) is 76.3 Å². The van der Waals surface area contributed by atoms with Crippen molar-refractivity contribution in [3.63, 3.8) is 0 Å². The minimum atomic E-state index is -0.571. The van der Waals surface area contributed by atoms with Crippen LogP contribution in [0.3, 0.4) is 0 Å². The van der Waals surface area contributed by atoms with E-state index in [0.717, 1.165) is 40.9 Å².